The average Bonchev–Trinajstić information content (AvgIpc) is 2.41. The van der Waals surface area contributed by atoms with Gasteiger partial charge in [0, 0.05) is 17.2 Å². The van der Waals surface area contributed by atoms with Crippen LogP contribution in [0.5, 0.6) is 5.75 Å². The number of aromatic nitrogens is 1. The number of benzene rings is 1. The smallest absolute Gasteiger partial charge is 0.200 e. The van der Waals surface area contributed by atoms with E-state index in [1.165, 1.54) is 13.3 Å². The summed E-state index contributed by atoms with van der Waals surface area (Å²) in [6.07, 6.45) is 1.36. The normalized spacial score (nSPS) is 10.2. The number of nitrogens with zero attached hydrogens (tertiary/aromatic N) is 1. The number of hydrogen-bond acceptors (Lipinski definition) is 3. The summed E-state index contributed by atoms with van der Waals surface area (Å²) in [6.45, 7) is 0. The van der Waals surface area contributed by atoms with Gasteiger partial charge in [-0.25, -0.2) is 0 Å². The Balaban J connectivity index is 2.30. The van der Waals surface area contributed by atoms with Crippen LogP contribution in [-0.2, 0) is 6.42 Å². The molecule has 2 aromatic rings. The molecule has 0 bridgehead atoms. The van der Waals surface area contributed by atoms with Crippen molar-refractivity contribution >= 4 is 17.4 Å². The fraction of sp³-hybridized carbons (Fsp3) is 0.143. The molecule has 4 nitrogen and oxygen atoms in total. The predicted molar refractivity (Wildman–Crippen MR) is 71.4 cm³/mol. The summed E-state index contributed by atoms with van der Waals surface area (Å²) in [7, 11) is 1.48. The maximum Gasteiger partial charge on any atom is 0.200 e. The second kappa shape index (κ2) is 5.71. The molecule has 0 amide bonds. The molecule has 98 valence electrons. The highest BCUT2D eigenvalue weighted by Crippen LogP contribution is 2.23. The van der Waals surface area contributed by atoms with E-state index >= 15 is 0 Å². The summed E-state index contributed by atoms with van der Waals surface area (Å²) >= 11 is 5.88. The highest BCUT2D eigenvalue weighted by atomic mass is 35.5. The number of rotatable bonds is 4. The average molecular weight is 278 g/mol. The second-order valence-electron chi connectivity index (χ2n) is 3.96. The van der Waals surface area contributed by atoms with E-state index in [9.17, 15) is 10.0 Å². The molecule has 1 heterocycles. The minimum Gasteiger partial charge on any atom is -0.618 e. The number of ketones is 1. The van der Waals surface area contributed by atoms with Gasteiger partial charge in [0.1, 0.15) is 5.75 Å². The Morgan fingerprint density at radius 3 is 2.84 bits per heavy atom. The minimum atomic E-state index is -0.213. The molecular formula is C14H12ClNO3. The van der Waals surface area contributed by atoms with Crippen LogP contribution in [0.15, 0.2) is 42.6 Å². The molecule has 0 saturated carbocycles. The molecule has 0 radical (unpaired) electrons. The summed E-state index contributed by atoms with van der Waals surface area (Å²) in [5.74, 6) is 0.234. The molecule has 5 heteroatoms. The zero-order valence-corrected chi connectivity index (χ0v) is 11.1. The lowest BCUT2D eigenvalue weighted by Gasteiger charge is -2.08. The number of carbonyl (C=O) groups is 1. The fourth-order valence-corrected chi connectivity index (χ4v) is 1.93. The quantitative estimate of drug-likeness (QED) is 0.490. The third kappa shape index (κ3) is 3.03. The highest BCUT2D eigenvalue weighted by molar-refractivity contribution is 6.31. The van der Waals surface area contributed by atoms with E-state index in [1.807, 2.05) is 0 Å². The number of carbonyl (C=O) groups excluding carboxylic acids is 1. The molecule has 0 atom stereocenters. The Morgan fingerprint density at radius 2 is 2.16 bits per heavy atom. The van der Waals surface area contributed by atoms with Crippen LogP contribution in [0.4, 0.5) is 0 Å². The monoisotopic (exact) mass is 277 g/mol. The number of hydrogen-bond donors (Lipinski definition) is 0. The maximum absolute atomic E-state index is 12.2. The van der Waals surface area contributed by atoms with E-state index in [2.05, 4.69) is 0 Å². The van der Waals surface area contributed by atoms with Crippen LogP contribution in [0.3, 0.4) is 0 Å². The van der Waals surface area contributed by atoms with Crippen LogP contribution in [-0.4, -0.2) is 12.9 Å². The number of ether oxygens (including phenoxy) is 1. The molecule has 1 aromatic carbocycles. The number of Topliss-reactive ketones (excluding diaryl/α,β-unsaturated/α-hetero) is 1. The first-order chi connectivity index (χ1) is 9.11. The lowest BCUT2D eigenvalue weighted by atomic mass is 10.1. The number of halogens is 1. The van der Waals surface area contributed by atoms with Gasteiger partial charge in [0.25, 0.3) is 0 Å². The lowest BCUT2D eigenvalue weighted by Crippen LogP contribution is -2.32. The first-order valence-corrected chi connectivity index (χ1v) is 6.03. The van der Waals surface area contributed by atoms with Crippen molar-refractivity contribution in [1.29, 1.82) is 0 Å². The van der Waals surface area contributed by atoms with E-state index in [-0.39, 0.29) is 12.2 Å². The van der Waals surface area contributed by atoms with Crippen LogP contribution in [0, 0.1) is 5.21 Å². The fourth-order valence-electron chi connectivity index (χ4n) is 1.76. The van der Waals surface area contributed by atoms with E-state index in [0.29, 0.717) is 26.8 Å². The van der Waals surface area contributed by atoms with Gasteiger partial charge in [-0.2, -0.15) is 4.73 Å². The van der Waals surface area contributed by atoms with Crippen LogP contribution in [0.25, 0.3) is 0 Å². The van der Waals surface area contributed by atoms with Gasteiger partial charge in [-0.1, -0.05) is 11.6 Å². The molecule has 0 aliphatic heterocycles. The zero-order chi connectivity index (χ0) is 13.8. The van der Waals surface area contributed by atoms with Crippen molar-refractivity contribution < 1.29 is 14.3 Å². The maximum atomic E-state index is 12.2. The Kier molecular flexibility index (Phi) is 4.02. The van der Waals surface area contributed by atoms with Gasteiger partial charge in [-0.15, -0.1) is 0 Å². The molecule has 0 fully saturated rings. The van der Waals surface area contributed by atoms with E-state index in [4.69, 9.17) is 16.3 Å². The van der Waals surface area contributed by atoms with Gasteiger partial charge in [0.2, 0.25) is 5.69 Å². The van der Waals surface area contributed by atoms with Crippen molar-refractivity contribution in [2.24, 2.45) is 0 Å². The summed E-state index contributed by atoms with van der Waals surface area (Å²) in [5.41, 5.74) is 0.758. The van der Waals surface area contributed by atoms with Gasteiger partial charge < -0.3 is 9.94 Å². The van der Waals surface area contributed by atoms with E-state index in [1.54, 1.807) is 36.4 Å². The number of methoxy groups -OCH3 is 1. The van der Waals surface area contributed by atoms with Crippen LogP contribution < -0.4 is 9.47 Å². The van der Waals surface area contributed by atoms with Gasteiger partial charge in [0.15, 0.2) is 12.0 Å². The first kappa shape index (κ1) is 13.4. The molecule has 2 rings (SSSR count). The van der Waals surface area contributed by atoms with Crippen LogP contribution in [0.1, 0.15) is 16.1 Å². The minimum absolute atomic E-state index is 0.00103. The summed E-state index contributed by atoms with van der Waals surface area (Å²) in [5, 5.41) is 12.0. The zero-order valence-electron chi connectivity index (χ0n) is 10.3. The Hall–Kier alpha value is -2.07. The van der Waals surface area contributed by atoms with Gasteiger partial charge >= 0.3 is 0 Å². The Labute approximate surface area is 115 Å². The molecule has 0 saturated heterocycles. The summed E-state index contributed by atoms with van der Waals surface area (Å²) in [6, 6.07) is 9.76. The summed E-state index contributed by atoms with van der Waals surface area (Å²) < 4.78 is 5.80. The Bertz CT molecular complexity index is 613. The van der Waals surface area contributed by atoms with Crippen molar-refractivity contribution in [2.75, 3.05) is 7.11 Å². The SMILES string of the molecule is COc1ccc(Cl)cc1C(=O)Cc1cccc[n+]1[O-]. The largest absolute Gasteiger partial charge is 0.618 e. The van der Waals surface area contributed by atoms with E-state index < -0.39 is 0 Å². The molecule has 19 heavy (non-hydrogen) atoms. The van der Waals surface area contributed by atoms with Gasteiger partial charge in [-0.05, 0) is 24.3 Å². The van der Waals surface area contributed by atoms with Gasteiger partial charge in [-0.3, -0.25) is 4.79 Å². The lowest BCUT2D eigenvalue weighted by molar-refractivity contribution is -0.613. The van der Waals surface area contributed by atoms with Crippen molar-refractivity contribution in [2.45, 2.75) is 6.42 Å². The third-order valence-corrected chi connectivity index (χ3v) is 2.94. The standard InChI is InChI=1S/C14H12ClNO3/c1-19-14-6-5-10(15)8-12(14)13(17)9-11-4-2-3-7-16(11)18/h2-8H,9H2,1H3. The second-order valence-corrected chi connectivity index (χ2v) is 4.40. The molecule has 0 aliphatic carbocycles. The first-order valence-electron chi connectivity index (χ1n) is 5.65. The van der Waals surface area contributed by atoms with Crippen molar-refractivity contribution in [3.8, 4) is 5.75 Å². The topological polar surface area (TPSA) is 53.2 Å². The van der Waals surface area contributed by atoms with Crippen molar-refractivity contribution in [3.63, 3.8) is 0 Å². The molecule has 1 aromatic heterocycles. The van der Waals surface area contributed by atoms with Crippen LogP contribution >= 0.6 is 11.6 Å². The van der Waals surface area contributed by atoms with Gasteiger partial charge in [0.05, 0.1) is 19.1 Å². The molecule has 0 N–H and O–H groups in total. The van der Waals surface area contributed by atoms with Crippen molar-refractivity contribution in [1.82, 2.24) is 0 Å². The molecule has 0 unspecified atom stereocenters. The van der Waals surface area contributed by atoms with Crippen LogP contribution in [0.2, 0.25) is 5.02 Å². The van der Waals surface area contributed by atoms with Crippen molar-refractivity contribution in [3.05, 3.63) is 64.1 Å². The predicted octanol–water partition coefficient (Wildman–Crippen LogP) is 2.41. The highest BCUT2D eigenvalue weighted by Gasteiger charge is 2.17. The Morgan fingerprint density at radius 1 is 1.37 bits per heavy atom. The molecular weight excluding hydrogens is 266 g/mol. The number of pyridine rings is 1. The third-order valence-electron chi connectivity index (χ3n) is 2.71. The molecule has 0 aliphatic rings. The summed E-state index contributed by atoms with van der Waals surface area (Å²) in [4.78, 5) is 12.2. The van der Waals surface area contributed by atoms with E-state index in [0.717, 1.165) is 0 Å². The molecule has 0 spiro atoms.